The summed E-state index contributed by atoms with van der Waals surface area (Å²) in [6, 6.07) is 12.2. The van der Waals surface area contributed by atoms with Crippen LogP contribution in [0.15, 0.2) is 64.9 Å². The Bertz CT molecular complexity index is 1180. The normalized spacial score (nSPS) is 10.4. The number of carbonyl (C=O) groups is 1. The molecule has 0 saturated carbocycles. The van der Waals surface area contributed by atoms with Crippen molar-refractivity contribution >= 4 is 23.1 Å². The maximum absolute atomic E-state index is 10.9. The highest BCUT2D eigenvalue weighted by atomic mass is 32.1. The van der Waals surface area contributed by atoms with E-state index >= 15 is 0 Å². The van der Waals surface area contributed by atoms with Gasteiger partial charge in [0.2, 0.25) is 0 Å². The summed E-state index contributed by atoms with van der Waals surface area (Å²) in [5, 5.41) is 26.4. The highest BCUT2D eigenvalue weighted by Crippen LogP contribution is 2.33. The lowest BCUT2D eigenvalue weighted by Crippen LogP contribution is -2.22. The third-order valence-corrected chi connectivity index (χ3v) is 5.06. The van der Waals surface area contributed by atoms with Gasteiger partial charge in [0.25, 0.3) is 0 Å². The number of nitrogens with one attached hydrogen (secondary N) is 1. The summed E-state index contributed by atoms with van der Waals surface area (Å²) in [5.41, 5.74) is 3.44. The molecule has 0 radical (unpaired) electrons. The molecule has 0 aliphatic heterocycles. The number of nitrogens with zero attached hydrogens (tertiary/aromatic N) is 3. The fourth-order valence-corrected chi connectivity index (χ4v) is 3.43. The molecule has 0 bridgehead atoms. The number of anilines is 1. The number of carbonyl (C=O) groups excluding carboxylic acids is 1. The lowest BCUT2D eigenvalue weighted by atomic mass is 10.0. The molecule has 0 amide bonds. The largest absolute Gasteiger partial charge is 0.545 e. The fraction of sp³-hybridized carbons (Fsp3) is 0.0476. The van der Waals surface area contributed by atoms with Crippen molar-refractivity contribution in [3.05, 3.63) is 77.2 Å². The van der Waals surface area contributed by atoms with Gasteiger partial charge in [-0.2, -0.15) is 5.26 Å². The van der Waals surface area contributed by atoms with Gasteiger partial charge in [-0.25, -0.2) is 9.97 Å². The molecule has 1 N–H and O–H groups in total. The molecule has 1 aromatic carbocycles. The molecule has 4 aromatic rings. The maximum atomic E-state index is 10.9. The second-order valence-electron chi connectivity index (χ2n) is 6.08. The third-order valence-electron chi connectivity index (χ3n) is 4.26. The first-order valence-electron chi connectivity index (χ1n) is 8.57. The van der Waals surface area contributed by atoms with Gasteiger partial charge >= 0.3 is 0 Å². The van der Waals surface area contributed by atoms with Crippen LogP contribution in [-0.4, -0.2) is 15.9 Å². The lowest BCUT2D eigenvalue weighted by molar-refractivity contribution is -0.255. The Hall–Kier alpha value is -3.96. The fourth-order valence-electron chi connectivity index (χ4n) is 2.84. The average Bonchev–Trinajstić information content (AvgIpc) is 3.46. The van der Waals surface area contributed by atoms with Crippen molar-refractivity contribution in [1.29, 1.82) is 5.26 Å². The predicted molar refractivity (Wildman–Crippen MR) is 106 cm³/mol. The Kier molecular flexibility index (Phi) is 5.05. The highest BCUT2D eigenvalue weighted by molar-refractivity contribution is 7.13. The standard InChI is InChI=1S/C21H14N4O3S/c22-10-17-16(15-5-7-28-12-15)9-18(20-23-6-8-29-20)25-19(17)24-11-13-1-3-14(4-2-13)21(26)27/h1-9,12H,11H2,(H,24,25)(H,26,27)/p-1. The second-order valence-corrected chi connectivity index (χ2v) is 6.97. The SMILES string of the molecule is N#Cc1c(-c2ccoc2)cc(-c2nccs2)nc1NCc1ccc(C(=O)[O-])cc1. The molecule has 0 aliphatic carbocycles. The van der Waals surface area contributed by atoms with Crippen LogP contribution in [0.5, 0.6) is 0 Å². The first-order valence-corrected chi connectivity index (χ1v) is 9.45. The summed E-state index contributed by atoms with van der Waals surface area (Å²) in [6.45, 7) is 0.362. The van der Waals surface area contributed by atoms with Crippen LogP contribution in [0.3, 0.4) is 0 Å². The number of benzene rings is 1. The molecule has 4 rings (SSSR count). The molecule has 142 valence electrons. The van der Waals surface area contributed by atoms with Gasteiger partial charge < -0.3 is 19.6 Å². The molecule has 3 heterocycles. The molecule has 0 aliphatic rings. The zero-order valence-corrected chi connectivity index (χ0v) is 15.8. The molecular weight excluding hydrogens is 388 g/mol. The van der Waals surface area contributed by atoms with E-state index in [0.717, 1.165) is 16.1 Å². The Morgan fingerprint density at radius 1 is 1.28 bits per heavy atom. The van der Waals surface area contributed by atoms with Crippen molar-refractivity contribution < 1.29 is 14.3 Å². The van der Waals surface area contributed by atoms with Gasteiger partial charge in [0.1, 0.15) is 28.2 Å². The summed E-state index contributed by atoms with van der Waals surface area (Å²) >= 11 is 1.45. The quantitative estimate of drug-likeness (QED) is 0.527. The number of rotatable bonds is 6. The van der Waals surface area contributed by atoms with Gasteiger partial charge in [-0.15, -0.1) is 11.3 Å². The number of carboxylic acid groups (broad SMARTS) is 1. The first kappa shape index (κ1) is 18.4. The van der Waals surface area contributed by atoms with E-state index < -0.39 is 5.97 Å². The summed E-state index contributed by atoms with van der Waals surface area (Å²) in [7, 11) is 0. The number of aromatic nitrogens is 2. The van der Waals surface area contributed by atoms with Gasteiger partial charge in [0.05, 0.1) is 18.5 Å². The van der Waals surface area contributed by atoms with E-state index in [1.54, 1.807) is 36.9 Å². The van der Waals surface area contributed by atoms with Crippen molar-refractivity contribution in [3.8, 4) is 27.9 Å². The highest BCUT2D eigenvalue weighted by Gasteiger charge is 2.17. The van der Waals surface area contributed by atoms with E-state index in [1.807, 2.05) is 11.4 Å². The molecule has 8 heteroatoms. The van der Waals surface area contributed by atoms with E-state index in [1.165, 1.54) is 23.5 Å². The van der Waals surface area contributed by atoms with E-state index in [2.05, 4.69) is 21.4 Å². The smallest absolute Gasteiger partial charge is 0.145 e. The number of pyridine rings is 1. The molecule has 3 aromatic heterocycles. The lowest BCUT2D eigenvalue weighted by Gasteiger charge is -2.13. The molecule has 7 nitrogen and oxygen atoms in total. The van der Waals surface area contributed by atoms with Crippen molar-refractivity contribution in [2.24, 2.45) is 0 Å². The number of carboxylic acids is 1. The van der Waals surface area contributed by atoms with Crippen LogP contribution >= 0.6 is 11.3 Å². The van der Waals surface area contributed by atoms with Crippen LogP contribution in [0.25, 0.3) is 21.8 Å². The topological polar surface area (TPSA) is 115 Å². The van der Waals surface area contributed by atoms with Gasteiger partial charge in [0, 0.05) is 29.2 Å². The Morgan fingerprint density at radius 2 is 2.10 bits per heavy atom. The third kappa shape index (κ3) is 3.85. The van der Waals surface area contributed by atoms with E-state index in [-0.39, 0.29) is 5.56 Å². The zero-order chi connectivity index (χ0) is 20.2. The van der Waals surface area contributed by atoms with Crippen LogP contribution in [0.2, 0.25) is 0 Å². The van der Waals surface area contributed by atoms with Crippen LogP contribution in [0, 0.1) is 11.3 Å². The number of hydrogen-bond donors (Lipinski definition) is 1. The van der Waals surface area contributed by atoms with Crippen molar-refractivity contribution in [3.63, 3.8) is 0 Å². The monoisotopic (exact) mass is 401 g/mol. The molecule has 0 spiro atoms. The van der Waals surface area contributed by atoms with E-state index in [9.17, 15) is 15.2 Å². The maximum Gasteiger partial charge on any atom is 0.145 e. The van der Waals surface area contributed by atoms with Crippen LogP contribution < -0.4 is 10.4 Å². The second kappa shape index (κ2) is 7.96. The van der Waals surface area contributed by atoms with Crippen molar-refractivity contribution in [2.75, 3.05) is 5.32 Å². The minimum Gasteiger partial charge on any atom is -0.545 e. The Morgan fingerprint density at radius 3 is 2.72 bits per heavy atom. The van der Waals surface area contributed by atoms with Crippen LogP contribution in [0.1, 0.15) is 21.5 Å². The van der Waals surface area contributed by atoms with Crippen LogP contribution in [-0.2, 0) is 6.54 Å². The average molecular weight is 401 g/mol. The molecule has 0 saturated heterocycles. The van der Waals surface area contributed by atoms with Gasteiger partial charge in [-0.05, 0) is 23.3 Å². The number of thiazole rings is 1. The predicted octanol–water partition coefficient (Wildman–Crippen LogP) is 3.31. The summed E-state index contributed by atoms with van der Waals surface area (Å²) in [4.78, 5) is 19.8. The van der Waals surface area contributed by atoms with Crippen molar-refractivity contribution in [2.45, 2.75) is 6.54 Å². The van der Waals surface area contributed by atoms with Crippen molar-refractivity contribution in [1.82, 2.24) is 9.97 Å². The number of nitriles is 1. The van der Waals surface area contributed by atoms with E-state index in [0.29, 0.717) is 29.2 Å². The Labute approximate surface area is 169 Å². The first-order chi connectivity index (χ1) is 14.2. The zero-order valence-electron chi connectivity index (χ0n) is 15.0. The van der Waals surface area contributed by atoms with Gasteiger partial charge in [-0.3, -0.25) is 0 Å². The summed E-state index contributed by atoms with van der Waals surface area (Å²) in [6.07, 6.45) is 4.82. The molecule has 0 atom stereocenters. The van der Waals surface area contributed by atoms with Crippen LogP contribution in [0.4, 0.5) is 5.82 Å². The summed E-state index contributed by atoms with van der Waals surface area (Å²) in [5.74, 6) is -0.806. The van der Waals surface area contributed by atoms with E-state index in [4.69, 9.17) is 4.42 Å². The number of hydrogen-bond acceptors (Lipinski definition) is 8. The molecule has 0 unspecified atom stereocenters. The summed E-state index contributed by atoms with van der Waals surface area (Å²) < 4.78 is 5.18. The van der Waals surface area contributed by atoms with Gasteiger partial charge in [0.15, 0.2) is 0 Å². The minimum absolute atomic E-state index is 0.109. The number of furan rings is 1. The Balaban J connectivity index is 1.71. The molecule has 29 heavy (non-hydrogen) atoms. The van der Waals surface area contributed by atoms with Gasteiger partial charge in [-0.1, -0.05) is 24.3 Å². The molecular formula is C21H13N4O3S-. The molecule has 0 fully saturated rings. The number of aromatic carboxylic acids is 1. The minimum atomic E-state index is -1.22.